The Morgan fingerprint density at radius 2 is 1.35 bits per heavy atom. The zero-order valence-corrected chi connectivity index (χ0v) is 14.6. The van der Waals surface area contributed by atoms with Gasteiger partial charge in [0.2, 0.25) is 0 Å². The van der Waals surface area contributed by atoms with Gasteiger partial charge in [-0.25, -0.2) is 0 Å². The Bertz CT molecular complexity index is 748. The van der Waals surface area contributed by atoms with E-state index in [4.69, 9.17) is 67.5 Å². The molecule has 2 aromatic carbocycles. The normalized spacial score (nSPS) is 12.3. The zero-order valence-electron chi connectivity index (χ0n) is 9.24. The number of hydrogen-bond donors (Lipinski definition) is 0. The van der Waals surface area contributed by atoms with Crippen LogP contribution in [0.2, 0.25) is 25.1 Å². The van der Waals surface area contributed by atoms with Crippen molar-refractivity contribution in [2.75, 3.05) is 0 Å². The van der Waals surface area contributed by atoms with Crippen LogP contribution in [0.4, 0.5) is 0 Å². The lowest BCUT2D eigenvalue weighted by atomic mass is 10.2. The Balaban J connectivity index is 2.26. The van der Waals surface area contributed by atoms with Crippen LogP contribution in [0.1, 0.15) is 0 Å². The van der Waals surface area contributed by atoms with Crippen LogP contribution in [0.3, 0.4) is 0 Å². The number of hydrogen-bond acceptors (Lipinski definition) is 2. The molecule has 2 nitrogen and oxygen atoms in total. The maximum Gasteiger partial charge on any atom is 0.191 e. The minimum atomic E-state index is 0.166. The summed E-state index contributed by atoms with van der Waals surface area (Å²) in [5.74, 6) is 1.11. The van der Waals surface area contributed by atoms with Crippen molar-refractivity contribution >= 4 is 73.9 Å². The molecule has 0 fully saturated rings. The lowest BCUT2D eigenvalue weighted by molar-refractivity contribution is 0.360. The Labute approximate surface area is 147 Å². The molecule has 0 aromatic heterocycles. The monoisotopic (exact) mass is 432 g/mol. The molecule has 0 N–H and O–H groups in total. The van der Waals surface area contributed by atoms with E-state index in [-0.39, 0.29) is 37.3 Å². The van der Waals surface area contributed by atoms with Crippen LogP contribution >= 0.6 is 73.9 Å². The van der Waals surface area contributed by atoms with Crippen LogP contribution in [0.5, 0.6) is 23.0 Å². The second kappa shape index (κ2) is 5.31. The van der Waals surface area contributed by atoms with E-state index >= 15 is 0 Å². The molecule has 0 aliphatic carbocycles. The van der Waals surface area contributed by atoms with Gasteiger partial charge in [-0.15, -0.1) is 0 Å². The Hall–Kier alpha value is -0.0300. The predicted molar refractivity (Wildman–Crippen MR) is 85.8 cm³/mol. The van der Waals surface area contributed by atoms with Crippen molar-refractivity contribution in [2.45, 2.75) is 0 Å². The lowest BCUT2D eigenvalue weighted by Crippen LogP contribution is -2.02. The summed E-state index contributed by atoms with van der Waals surface area (Å²) in [6, 6.07) is 3.22. The molecule has 0 spiro atoms. The second-order valence-corrected chi connectivity index (χ2v) is 6.52. The number of ether oxygens (including phenoxy) is 2. The topological polar surface area (TPSA) is 18.5 Å². The maximum absolute atomic E-state index is 6.17. The summed E-state index contributed by atoms with van der Waals surface area (Å²) < 4.78 is 11.8. The van der Waals surface area contributed by atoms with Crippen LogP contribution in [-0.2, 0) is 0 Å². The third-order valence-corrected chi connectivity index (χ3v) is 5.85. The fraction of sp³-hybridized carbons (Fsp3) is 0. The third kappa shape index (κ3) is 2.16. The van der Waals surface area contributed by atoms with Gasteiger partial charge in [-0.2, -0.15) is 0 Å². The molecule has 2 aromatic rings. The first-order chi connectivity index (χ1) is 9.41. The molecule has 0 amide bonds. The van der Waals surface area contributed by atoms with Gasteiger partial charge in [-0.1, -0.05) is 58.0 Å². The molecule has 0 saturated carbocycles. The van der Waals surface area contributed by atoms with E-state index in [0.29, 0.717) is 15.2 Å². The van der Waals surface area contributed by atoms with Crippen LogP contribution in [0.25, 0.3) is 0 Å². The number of rotatable bonds is 0. The largest absolute Gasteiger partial charge is 0.448 e. The van der Waals surface area contributed by atoms with Gasteiger partial charge in [-0.05, 0) is 28.1 Å². The highest BCUT2D eigenvalue weighted by Gasteiger charge is 2.30. The molecule has 8 heteroatoms. The Morgan fingerprint density at radius 1 is 0.700 bits per heavy atom. The highest BCUT2D eigenvalue weighted by atomic mass is 79.9. The molecule has 0 radical (unpaired) electrons. The first-order valence-electron chi connectivity index (χ1n) is 5.11. The van der Waals surface area contributed by atoms with Crippen molar-refractivity contribution < 1.29 is 9.47 Å². The van der Waals surface area contributed by atoms with Crippen molar-refractivity contribution in [1.82, 2.24) is 0 Å². The summed E-state index contributed by atoms with van der Waals surface area (Å²) in [5, 5.41) is 1.20. The molecule has 1 heterocycles. The molecule has 3 rings (SSSR count). The van der Waals surface area contributed by atoms with Crippen molar-refractivity contribution in [2.24, 2.45) is 0 Å². The van der Waals surface area contributed by atoms with Crippen LogP contribution in [0.15, 0.2) is 16.6 Å². The number of fused-ring (bicyclic) bond motifs is 2. The third-order valence-electron chi connectivity index (χ3n) is 2.61. The average Bonchev–Trinajstić information content (AvgIpc) is 2.45. The molecular weight excluding hydrogens is 433 g/mol. The lowest BCUT2D eigenvalue weighted by Gasteiger charge is -2.24. The van der Waals surface area contributed by atoms with Crippen molar-refractivity contribution in [1.29, 1.82) is 0 Å². The average molecular weight is 435 g/mol. The number of halogens is 6. The van der Waals surface area contributed by atoms with Crippen molar-refractivity contribution in [3.8, 4) is 23.0 Å². The van der Waals surface area contributed by atoms with Gasteiger partial charge in [0.25, 0.3) is 0 Å². The molecular formula is C12H2BrCl5O2. The molecule has 0 unspecified atom stereocenters. The van der Waals surface area contributed by atoms with Crippen LogP contribution in [-0.4, -0.2) is 0 Å². The van der Waals surface area contributed by atoms with E-state index < -0.39 is 0 Å². The van der Waals surface area contributed by atoms with E-state index in [9.17, 15) is 0 Å². The fourth-order valence-electron chi connectivity index (χ4n) is 1.68. The fourth-order valence-corrected chi connectivity index (χ4v) is 3.18. The summed E-state index contributed by atoms with van der Waals surface area (Å²) in [4.78, 5) is 0. The molecule has 0 atom stereocenters. The van der Waals surface area contributed by atoms with Gasteiger partial charge in [0.1, 0.15) is 15.1 Å². The van der Waals surface area contributed by atoms with Gasteiger partial charge in [-0.3, -0.25) is 0 Å². The Morgan fingerprint density at radius 3 is 2.05 bits per heavy atom. The highest BCUT2D eigenvalue weighted by Crippen LogP contribution is 2.58. The molecule has 1 aliphatic heterocycles. The predicted octanol–water partition coefficient (Wildman–Crippen LogP) is 7.61. The molecule has 0 bridgehead atoms. The minimum absolute atomic E-state index is 0.166. The maximum atomic E-state index is 6.17. The van der Waals surface area contributed by atoms with Crippen LogP contribution < -0.4 is 9.47 Å². The summed E-state index contributed by atoms with van der Waals surface area (Å²) in [6.07, 6.45) is 0. The smallest absolute Gasteiger partial charge is 0.191 e. The molecule has 0 saturated heterocycles. The van der Waals surface area contributed by atoms with Crippen LogP contribution in [0, 0.1) is 0 Å². The van der Waals surface area contributed by atoms with Crippen molar-refractivity contribution in [3.63, 3.8) is 0 Å². The van der Waals surface area contributed by atoms with Gasteiger partial charge >= 0.3 is 0 Å². The highest BCUT2D eigenvalue weighted by molar-refractivity contribution is 9.10. The zero-order chi connectivity index (χ0) is 14.6. The first-order valence-corrected chi connectivity index (χ1v) is 7.79. The molecule has 104 valence electrons. The van der Waals surface area contributed by atoms with Crippen molar-refractivity contribution in [3.05, 3.63) is 41.7 Å². The van der Waals surface area contributed by atoms with E-state index in [0.717, 1.165) is 0 Å². The quantitative estimate of drug-likeness (QED) is 0.267. The molecule has 1 aliphatic rings. The van der Waals surface area contributed by atoms with E-state index in [1.165, 1.54) is 0 Å². The van der Waals surface area contributed by atoms with Gasteiger partial charge in [0, 0.05) is 0 Å². The van der Waals surface area contributed by atoms with Gasteiger partial charge < -0.3 is 9.47 Å². The Kier molecular flexibility index (Phi) is 3.95. The van der Waals surface area contributed by atoms with E-state index in [1.54, 1.807) is 12.1 Å². The summed E-state index contributed by atoms with van der Waals surface area (Å²) in [7, 11) is 0. The SMILES string of the molecule is Clc1ccc2c(c1Cl)Oc1c(Cl)c(Cl)c(Br)c(Cl)c1O2. The van der Waals surface area contributed by atoms with Gasteiger partial charge in [0.05, 0.1) is 14.5 Å². The van der Waals surface area contributed by atoms with E-state index in [2.05, 4.69) is 15.9 Å². The minimum Gasteiger partial charge on any atom is -0.448 e. The van der Waals surface area contributed by atoms with E-state index in [1.807, 2.05) is 0 Å². The standard InChI is InChI=1S/C12H2BrCl5O2/c13-5-7(16)9(18)12-11(8(5)17)19-4-2-1-3(14)6(15)10(4)20-12/h1-2H. The summed E-state index contributed by atoms with van der Waals surface area (Å²) in [6.45, 7) is 0. The summed E-state index contributed by atoms with van der Waals surface area (Å²) >= 11 is 33.6. The van der Waals surface area contributed by atoms with Gasteiger partial charge in [0.15, 0.2) is 23.0 Å². The summed E-state index contributed by atoms with van der Waals surface area (Å²) in [5.41, 5.74) is 0. The first kappa shape index (κ1) is 14.9. The second-order valence-electron chi connectivity index (χ2n) is 3.81. The molecule has 20 heavy (non-hydrogen) atoms. The number of benzene rings is 2.